The Labute approximate surface area is 172 Å². The molecule has 1 atom stereocenters. The van der Waals surface area contributed by atoms with E-state index in [4.69, 9.17) is 10.5 Å². The first kappa shape index (κ1) is 20.4. The fourth-order valence-corrected chi connectivity index (χ4v) is 4.10. The van der Waals surface area contributed by atoms with Crippen LogP contribution in [0.3, 0.4) is 0 Å². The summed E-state index contributed by atoms with van der Waals surface area (Å²) in [4.78, 5) is 2.21. The van der Waals surface area contributed by atoms with Gasteiger partial charge in [-0.25, -0.2) is 0 Å². The minimum absolute atomic E-state index is 0.203. The molecule has 2 heterocycles. The summed E-state index contributed by atoms with van der Waals surface area (Å²) in [5, 5.41) is 9.92. The Morgan fingerprint density at radius 3 is 2.50 bits per heavy atom. The summed E-state index contributed by atoms with van der Waals surface area (Å²) in [6.07, 6.45) is -4.40. The topological polar surface area (TPSA) is 64.3 Å². The van der Waals surface area contributed by atoms with Gasteiger partial charge < -0.3 is 15.4 Å². The first-order chi connectivity index (χ1) is 14.3. The summed E-state index contributed by atoms with van der Waals surface area (Å²) < 4.78 is 45.5. The number of benzene rings is 2. The molecule has 2 N–H and O–H groups in total. The highest BCUT2D eigenvalue weighted by Crippen LogP contribution is 2.38. The number of hydrogen-bond donors (Lipinski definition) is 1. The fourth-order valence-electron chi connectivity index (χ4n) is 4.10. The van der Waals surface area contributed by atoms with Gasteiger partial charge in [0, 0.05) is 35.5 Å². The molecule has 2 aromatic carbocycles. The van der Waals surface area contributed by atoms with Crippen molar-refractivity contribution in [3.05, 3.63) is 58.8 Å². The molecule has 0 radical (unpaired) electrons. The first-order valence-corrected chi connectivity index (χ1v) is 9.82. The van der Waals surface area contributed by atoms with Crippen LogP contribution in [0.5, 0.6) is 0 Å². The zero-order valence-electron chi connectivity index (χ0n) is 16.8. The Morgan fingerprint density at radius 1 is 1.07 bits per heavy atom. The highest BCUT2D eigenvalue weighted by molar-refractivity contribution is 5.95. The summed E-state index contributed by atoms with van der Waals surface area (Å²) in [6.45, 7) is 6.25. The minimum atomic E-state index is -4.40. The molecule has 8 heteroatoms. The van der Waals surface area contributed by atoms with Gasteiger partial charge in [-0.1, -0.05) is 25.1 Å². The molecule has 1 aromatic heterocycles. The lowest BCUT2D eigenvalue weighted by molar-refractivity contribution is -0.138. The van der Waals surface area contributed by atoms with E-state index in [1.54, 1.807) is 6.07 Å². The number of anilines is 2. The number of rotatable bonds is 3. The maximum atomic E-state index is 13.4. The number of alkyl halides is 3. The van der Waals surface area contributed by atoms with Gasteiger partial charge in [0.2, 0.25) is 0 Å². The number of fused-ring (bicyclic) bond motifs is 1. The van der Waals surface area contributed by atoms with Gasteiger partial charge >= 0.3 is 6.18 Å². The second-order valence-corrected chi connectivity index (χ2v) is 7.54. The maximum absolute atomic E-state index is 13.4. The summed E-state index contributed by atoms with van der Waals surface area (Å²) in [5.74, 6) is -0.0750. The Bertz CT molecular complexity index is 1080. The first-order valence-electron chi connectivity index (χ1n) is 9.82. The quantitative estimate of drug-likeness (QED) is 0.680. The van der Waals surface area contributed by atoms with Gasteiger partial charge in [-0.2, -0.15) is 18.3 Å². The molecular formula is C22H23F3N4O. The molecule has 1 unspecified atom stereocenters. The van der Waals surface area contributed by atoms with Crippen LogP contribution >= 0.6 is 0 Å². The van der Waals surface area contributed by atoms with Crippen molar-refractivity contribution in [2.24, 2.45) is 0 Å². The fraction of sp³-hybridized carbons (Fsp3) is 0.364. The highest BCUT2D eigenvalue weighted by atomic mass is 19.4. The van der Waals surface area contributed by atoms with E-state index in [9.17, 15) is 13.2 Å². The van der Waals surface area contributed by atoms with Crippen LogP contribution in [0.1, 0.15) is 35.2 Å². The molecule has 1 aliphatic rings. The number of morpholine rings is 1. The van der Waals surface area contributed by atoms with Gasteiger partial charge in [0.1, 0.15) is 0 Å². The molecule has 0 spiro atoms. The van der Waals surface area contributed by atoms with Crippen LogP contribution in [0.4, 0.5) is 24.7 Å². The van der Waals surface area contributed by atoms with Crippen LogP contribution in [-0.4, -0.2) is 36.5 Å². The van der Waals surface area contributed by atoms with Gasteiger partial charge in [0.25, 0.3) is 0 Å². The lowest BCUT2D eigenvalue weighted by Gasteiger charge is -2.29. The standard InChI is InChI=1S/C22H23F3N4O/c1-13-16(4-3-5-19(13)22(23,24)25)14(2)20-17-7-6-15(29-8-10-30-11-9-29)12-18(17)21(26)28-27-20/h3-7,12,14H,8-11H2,1-2H3,(H2,26,28). The molecule has 158 valence electrons. The van der Waals surface area contributed by atoms with E-state index in [-0.39, 0.29) is 11.5 Å². The van der Waals surface area contributed by atoms with Crippen LogP contribution < -0.4 is 10.6 Å². The van der Waals surface area contributed by atoms with Crippen molar-refractivity contribution < 1.29 is 17.9 Å². The summed E-state index contributed by atoms with van der Waals surface area (Å²) in [7, 11) is 0. The molecule has 30 heavy (non-hydrogen) atoms. The van der Waals surface area contributed by atoms with Crippen molar-refractivity contribution in [1.29, 1.82) is 0 Å². The zero-order chi connectivity index (χ0) is 21.5. The van der Waals surface area contributed by atoms with Crippen LogP contribution in [0, 0.1) is 6.92 Å². The largest absolute Gasteiger partial charge is 0.416 e. The minimum Gasteiger partial charge on any atom is -0.382 e. The number of nitrogen functional groups attached to an aromatic ring is 1. The third-order valence-electron chi connectivity index (χ3n) is 5.75. The molecule has 0 saturated carbocycles. The Morgan fingerprint density at radius 2 is 1.80 bits per heavy atom. The summed E-state index contributed by atoms with van der Waals surface area (Å²) in [6, 6.07) is 10.1. The van der Waals surface area contributed by atoms with Crippen molar-refractivity contribution in [1.82, 2.24) is 10.2 Å². The molecule has 0 aliphatic carbocycles. The van der Waals surface area contributed by atoms with Crippen molar-refractivity contribution in [2.75, 3.05) is 36.9 Å². The Balaban J connectivity index is 1.79. The van der Waals surface area contributed by atoms with Gasteiger partial charge in [-0.15, -0.1) is 5.10 Å². The molecule has 4 rings (SSSR count). The number of hydrogen-bond acceptors (Lipinski definition) is 5. The Kier molecular flexibility index (Phi) is 5.27. The monoisotopic (exact) mass is 416 g/mol. The van der Waals surface area contributed by atoms with Gasteiger partial charge in [0.05, 0.1) is 24.5 Å². The second kappa shape index (κ2) is 7.75. The van der Waals surface area contributed by atoms with E-state index < -0.39 is 11.7 Å². The molecule has 5 nitrogen and oxygen atoms in total. The highest BCUT2D eigenvalue weighted by Gasteiger charge is 2.33. The smallest absolute Gasteiger partial charge is 0.382 e. The van der Waals surface area contributed by atoms with E-state index >= 15 is 0 Å². The van der Waals surface area contributed by atoms with Crippen LogP contribution in [0.15, 0.2) is 36.4 Å². The molecule has 1 saturated heterocycles. The lowest BCUT2D eigenvalue weighted by atomic mass is 9.89. The predicted octanol–water partition coefficient (Wildman–Crippen LogP) is 4.53. The number of ether oxygens (including phenoxy) is 1. The summed E-state index contributed by atoms with van der Waals surface area (Å²) >= 11 is 0. The SMILES string of the molecule is Cc1c(C(C)c2nnc(N)c3cc(N4CCOCC4)ccc23)cccc1C(F)(F)F. The van der Waals surface area contributed by atoms with Crippen molar-refractivity contribution in [2.45, 2.75) is 25.9 Å². The van der Waals surface area contributed by atoms with E-state index in [2.05, 4.69) is 15.1 Å². The van der Waals surface area contributed by atoms with E-state index in [1.165, 1.54) is 13.0 Å². The Hall–Kier alpha value is -2.87. The third kappa shape index (κ3) is 3.67. The molecule has 3 aromatic rings. The summed E-state index contributed by atoms with van der Waals surface area (Å²) in [5.41, 5.74) is 7.87. The number of aromatic nitrogens is 2. The van der Waals surface area contributed by atoms with Crippen LogP contribution in [0.25, 0.3) is 10.8 Å². The van der Waals surface area contributed by atoms with Crippen LogP contribution in [0.2, 0.25) is 0 Å². The zero-order valence-corrected chi connectivity index (χ0v) is 16.8. The number of nitrogens with two attached hydrogens (primary N) is 1. The average molecular weight is 416 g/mol. The number of halogens is 3. The van der Waals surface area contributed by atoms with Gasteiger partial charge in [-0.3, -0.25) is 0 Å². The van der Waals surface area contributed by atoms with Crippen LogP contribution in [-0.2, 0) is 10.9 Å². The molecule has 0 amide bonds. The van der Waals surface area contributed by atoms with E-state index in [1.807, 2.05) is 25.1 Å². The van der Waals surface area contributed by atoms with Gasteiger partial charge in [-0.05, 0) is 36.2 Å². The lowest BCUT2D eigenvalue weighted by Crippen LogP contribution is -2.36. The second-order valence-electron chi connectivity index (χ2n) is 7.54. The average Bonchev–Trinajstić information content (AvgIpc) is 2.73. The van der Waals surface area contributed by atoms with Crippen molar-refractivity contribution >= 4 is 22.3 Å². The molecular weight excluding hydrogens is 393 g/mol. The van der Waals surface area contributed by atoms with Gasteiger partial charge in [0.15, 0.2) is 5.82 Å². The molecule has 0 bridgehead atoms. The molecule has 1 fully saturated rings. The normalized spacial score (nSPS) is 16.1. The number of nitrogens with zero attached hydrogens (tertiary/aromatic N) is 3. The van der Waals surface area contributed by atoms with E-state index in [0.29, 0.717) is 30.3 Å². The predicted molar refractivity (Wildman–Crippen MR) is 111 cm³/mol. The third-order valence-corrected chi connectivity index (χ3v) is 5.75. The van der Waals surface area contributed by atoms with Crippen molar-refractivity contribution in [3.8, 4) is 0 Å². The van der Waals surface area contributed by atoms with E-state index in [0.717, 1.165) is 35.6 Å². The molecule has 1 aliphatic heterocycles. The van der Waals surface area contributed by atoms with Crippen molar-refractivity contribution in [3.63, 3.8) is 0 Å². The maximum Gasteiger partial charge on any atom is 0.416 e.